The lowest BCUT2D eigenvalue weighted by Gasteiger charge is -2.05. The van der Waals surface area contributed by atoms with Crippen LogP contribution in [0.2, 0.25) is 0 Å². The predicted octanol–water partition coefficient (Wildman–Crippen LogP) is 0.984. The van der Waals surface area contributed by atoms with Crippen molar-refractivity contribution in [2.75, 3.05) is 19.7 Å². The minimum absolute atomic E-state index is 0.0952. The summed E-state index contributed by atoms with van der Waals surface area (Å²) in [5, 5.41) is 15.0. The molecule has 1 heterocycles. The maximum absolute atomic E-state index is 11.3. The fourth-order valence-electron chi connectivity index (χ4n) is 1.27. The van der Waals surface area contributed by atoms with E-state index in [1.54, 1.807) is 11.3 Å². The molecule has 6 heteroatoms. The predicted molar refractivity (Wildman–Crippen MR) is 68.4 cm³/mol. The van der Waals surface area contributed by atoms with Crippen LogP contribution in [0.15, 0.2) is 0 Å². The molecule has 0 aliphatic heterocycles. The van der Waals surface area contributed by atoms with Crippen molar-refractivity contribution in [1.29, 1.82) is 0 Å². The molecule has 0 aromatic carbocycles. The van der Waals surface area contributed by atoms with E-state index in [4.69, 9.17) is 5.11 Å². The third kappa shape index (κ3) is 5.14. The maximum Gasteiger partial charge on any atom is 0.314 e. The highest BCUT2D eigenvalue weighted by atomic mass is 32.1. The average Bonchev–Trinajstić information content (AvgIpc) is 2.59. The highest BCUT2D eigenvalue weighted by Crippen LogP contribution is 2.16. The Hall–Kier alpha value is -1.14. The topological polar surface area (TPSA) is 74.2 Å². The van der Waals surface area contributed by atoms with Gasteiger partial charge < -0.3 is 15.7 Å². The van der Waals surface area contributed by atoms with Gasteiger partial charge in [0.05, 0.1) is 10.7 Å². The Kier molecular flexibility index (Phi) is 5.93. The van der Waals surface area contributed by atoms with Crippen molar-refractivity contribution >= 4 is 17.4 Å². The molecule has 1 aromatic heterocycles. The molecule has 0 saturated heterocycles. The number of urea groups is 1. The van der Waals surface area contributed by atoms with Crippen LogP contribution in [0.3, 0.4) is 0 Å². The summed E-state index contributed by atoms with van der Waals surface area (Å²) < 4.78 is 0. The highest BCUT2D eigenvalue weighted by Gasteiger charge is 2.04. The molecule has 0 aliphatic rings. The number of carbonyl (C=O) groups excluding carboxylic acids is 1. The number of aryl methyl sites for hydroxylation is 2. The average molecular weight is 257 g/mol. The van der Waals surface area contributed by atoms with E-state index in [-0.39, 0.29) is 12.6 Å². The van der Waals surface area contributed by atoms with Crippen molar-refractivity contribution in [3.8, 4) is 0 Å². The number of rotatable bonds is 6. The Balaban J connectivity index is 2.17. The van der Waals surface area contributed by atoms with E-state index in [0.717, 1.165) is 17.1 Å². The fourth-order valence-corrected chi connectivity index (χ4v) is 2.21. The van der Waals surface area contributed by atoms with E-state index in [2.05, 4.69) is 15.6 Å². The Labute approximate surface area is 105 Å². The van der Waals surface area contributed by atoms with Gasteiger partial charge in [-0.3, -0.25) is 0 Å². The molecule has 1 aromatic rings. The third-order valence-electron chi connectivity index (χ3n) is 2.32. The lowest BCUT2D eigenvalue weighted by Crippen LogP contribution is -2.37. The molecule has 2 amide bonds. The first kappa shape index (κ1) is 13.9. The Morgan fingerprint density at radius 2 is 2.06 bits per heavy atom. The van der Waals surface area contributed by atoms with Crippen molar-refractivity contribution in [1.82, 2.24) is 15.6 Å². The van der Waals surface area contributed by atoms with E-state index >= 15 is 0 Å². The molecule has 0 unspecified atom stereocenters. The number of aliphatic hydroxyl groups excluding tert-OH is 1. The van der Waals surface area contributed by atoms with Crippen LogP contribution in [0.25, 0.3) is 0 Å². The lowest BCUT2D eigenvalue weighted by atomic mass is 10.4. The molecule has 0 radical (unpaired) electrons. The standard InChI is InChI=1S/C11H19N3O2S/c1-8-9(2)17-10(14-8)4-6-13-11(16)12-5-3-7-15/h15H,3-7H2,1-2H3,(H2,12,13,16). The smallest absolute Gasteiger partial charge is 0.314 e. The van der Waals surface area contributed by atoms with Gasteiger partial charge in [0.25, 0.3) is 0 Å². The molecule has 0 aliphatic carbocycles. The third-order valence-corrected chi connectivity index (χ3v) is 3.45. The summed E-state index contributed by atoms with van der Waals surface area (Å²) in [6, 6.07) is -0.191. The summed E-state index contributed by atoms with van der Waals surface area (Å²) in [6.07, 6.45) is 1.34. The van der Waals surface area contributed by atoms with E-state index in [9.17, 15) is 4.79 Å². The fraction of sp³-hybridized carbons (Fsp3) is 0.636. The Bertz CT molecular complexity index is 346. The molecule has 96 valence electrons. The zero-order chi connectivity index (χ0) is 12.7. The summed E-state index contributed by atoms with van der Waals surface area (Å²) in [7, 11) is 0. The molecule has 0 fully saturated rings. The van der Waals surface area contributed by atoms with Crippen molar-refractivity contribution in [3.63, 3.8) is 0 Å². The van der Waals surface area contributed by atoms with Crippen LogP contribution in [0.4, 0.5) is 4.79 Å². The van der Waals surface area contributed by atoms with Gasteiger partial charge in [0.1, 0.15) is 0 Å². The second kappa shape index (κ2) is 7.24. The quantitative estimate of drug-likeness (QED) is 0.665. The van der Waals surface area contributed by atoms with Gasteiger partial charge >= 0.3 is 6.03 Å². The molecular formula is C11H19N3O2S. The minimum atomic E-state index is -0.191. The van der Waals surface area contributed by atoms with Gasteiger partial charge in [-0.1, -0.05) is 0 Å². The van der Waals surface area contributed by atoms with E-state index in [1.807, 2.05) is 13.8 Å². The molecule has 0 spiro atoms. The first-order chi connectivity index (χ1) is 8.13. The monoisotopic (exact) mass is 257 g/mol. The van der Waals surface area contributed by atoms with Gasteiger partial charge in [0, 0.05) is 31.0 Å². The van der Waals surface area contributed by atoms with Gasteiger partial charge in [-0.15, -0.1) is 11.3 Å². The van der Waals surface area contributed by atoms with Crippen molar-refractivity contribution in [3.05, 3.63) is 15.6 Å². The van der Waals surface area contributed by atoms with Crippen molar-refractivity contribution in [2.45, 2.75) is 26.7 Å². The summed E-state index contributed by atoms with van der Waals surface area (Å²) in [6.45, 7) is 5.21. The molecular weight excluding hydrogens is 238 g/mol. The molecule has 1 rings (SSSR count). The molecule has 0 bridgehead atoms. The molecule has 5 nitrogen and oxygen atoms in total. The summed E-state index contributed by atoms with van der Waals surface area (Å²) in [5.74, 6) is 0. The van der Waals surface area contributed by atoms with Crippen LogP contribution in [-0.2, 0) is 6.42 Å². The number of nitrogens with zero attached hydrogens (tertiary/aromatic N) is 1. The van der Waals surface area contributed by atoms with Crippen LogP contribution in [0, 0.1) is 13.8 Å². The van der Waals surface area contributed by atoms with Crippen LogP contribution in [0.5, 0.6) is 0 Å². The van der Waals surface area contributed by atoms with Crippen molar-refractivity contribution < 1.29 is 9.90 Å². The number of hydrogen-bond acceptors (Lipinski definition) is 4. The van der Waals surface area contributed by atoms with Crippen LogP contribution < -0.4 is 10.6 Å². The number of amides is 2. The number of carbonyl (C=O) groups is 1. The molecule has 17 heavy (non-hydrogen) atoms. The first-order valence-corrected chi connectivity index (χ1v) is 6.50. The lowest BCUT2D eigenvalue weighted by molar-refractivity contribution is 0.238. The van der Waals surface area contributed by atoms with Gasteiger partial charge in [-0.05, 0) is 20.3 Å². The van der Waals surface area contributed by atoms with E-state index < -0.39 is 0 Å². The number of thiazole rings is 1. The molecule has 0 saturated carbocycles. The summed E-state index contributed by atoms with van der Waals surface area (Å²) in [4.78, 5) is 16.9. The van der Waals surface area contributed by atoms with Gasteiger partial charge in [0.15, 0.2) is 0 Å². The van der Waals surface area contributed by atoms with Crippen molar-refractivity contribution in [2.24, 2.45) is 0 Å². The second-order valence-corrected chi connectivity index (χ2v) is 5.05. The van der Waals surface area contributed by atoms with Gasteiger partial charge in [-0.2, -0.15) is 0 Å². The highest BCUT2D eigenvalue weighted by molar-refractivity contribution is 7.11. The summed E-state index contributed by atoms with van der Waals surface area (Å²) >= 11 is 1.67. The molecule has 0 atom stereocenters. The van der Waals surface area contributed by atoms with Crippen LogP contribution >= 0.6 is 11.3 Å². The number of nitrogens with one attached hydrogen (secondary N) is 2. The molecule has 3 N–H and O–H groups in total. The maximum atomic E-state index is 11.3. The largest absolute Gasteiger partial charge is 0.396 e. The normalized spacial score (nSPS) is 10.3. The Morgan fingerprint density at radius 3 is 2.65 bits per heavy atom. The first-order valence-electron chi connectivity index (χ1n) is 5.69. The SMILES string of the molecule is Cc1nc(CCNC(=O)NCCCO)sc1C. The minimum Gasteiger partial charge on any atom is -0.396 e. The van der Waals surface area contributed by atoms with E-state index in [0.29, 0.717) is 19.5 Å². The Morgan fingerprint density at radius 1 is 1.35 bits per heavy atom. The number of hydrogen-bond donors (Lipinski definition) is 3. The number of aliphatic hydroxyl groups is 1. The zero-order valence-electron chi connectivity index (χ0n) is 10.2. The van der Waals surface area contributed by atoms with Gasteiger partial charge in [0.2, 0.25) is 0 Å². The van der Waals surface area contributed by atoms with E-state index in [1.165, 1.54) is 4.88 Å². The number of aromatic nitrogens is 1. The van der Waals surface area contributed by atoms with Crippen LogP contribution in [0.1, 0.15) is 22.0 Å². The zero-order valence-corrected chi connectivity index (χ0v) is 11.1. The van der Waals surface area contributed by atoms with Gasteiger partial charge in [-0.25, -0.2) is 9.78 Å². The summed E-state index contributed by atoms with van der Waals surface area (Å²) in [5.41, 5.74) is 1.07. The second-order valence-electron chi connectivity index (χ2n) is 3.76. The van der Waals surface area contributed by atoms with Crippen LogP contribution in [-0.4, -0.2) is 35.8 Å².